The highest BCUT2D eigenvalue weighted by atomic mass is 16.4. The molecule has 0 heterocycles. The van der Waals surface area contributed by atoms with Gasteiger partial charge in [0.05, 0.1) is 0 Å². The summed E-state index contributed by atoms with van der Waals surface area (Å²) < 4.78 is 0. The van der Waals surface area contributed by atoms with Crippen molar-refractivity contribution in [2.24, 2.45) is 11.7 Å². The Morgan fingerprint density at radius 1 is 0.909 bits per heavy atom. The van der Waals surface area contributed by atoms with E-state index in [-0.39, 0.29) is 18.2 Å². The van der Waals surface area contributed by atoms with Crippen LogP contribution in [0.15, 0.2) is 78.9 Å². The summed E-state index contributed by atoms with van der Waals surface area (Å²) in [6, 6.07) is 24.9. The van der Waals surface area contributed by atoms with Crippen LogP contribution in [0.1, 0.15) is 47.7 Å². The summed E-state index contributed by atoms with van der Waals surface area (Å²) in [6.45, 7) is 4.92. The number of nitrogens with one attached hydrogen (secondary N) is 1. The molecule has 5 nitrogen and oxygen atoms in total. The molecule has 0 saturated carbocycles. The van der Waals surface area contributed by atoms with E-state index in [4.69, 9.17) is 10.8 Å². The van der Waals surface area contributed by atoms with Gasteiger partial charge in [-0.2, -0.15) is 0 Å². The smallest absolute Gasteiger partial charge is 0.320 e. The Morgan fingerprint density at radius 2 is 1.52 bits per heavy atom. The van der Waals surface area contributed by atoms with Gasteiger partial charge in [-0.3, -0.25) is 9.59 Å². The fourth-order valence-corrected chi connectivity index (χ4v) is 3.92. The number of nitrogens with two attached hydrogens (primary N) is 1. The van der Waals surface area contributed by atoms with Gasteiger partial charge in [-0.25, -0.2) is 0 Å². The number of rotatable bonds is 10. The molecule has 0 saturated heterocycles. The summed E-state index contributed by atoms with van der Waals surface area (Å²) >= 11 is 0. The number of hydrogen-bond donors (Lipinski definition) is 3. The maximum atomic E-state index is 12.7. The highest BCUT2D eigenvalue weighted by Gasteiger charge is 2.20. The van der Waals surface area contributed by atoms with Crippen molar-refractivity contribution in [1.82, 2.24) is 5.32 Å². The van der Waals surface area contributed by atoms with Crippen LogP contribution in [0, 0.1) is 5.92 Å². The van der Waals surface area contributed by atoms with Crippen molar-refractivity contribution in [2.75, 3.05) is 6.54 Å². The lowest BCUT2D eigenvalue weighted by Gasteiger charge is -2.24. The fraction of sp³-hybridized carbons (Fsp3) is 0.286. The topological polar surface area (TPSA) is 92.4 Å². The van der Waals surface area contributed by atoms with Crippen LogP contribution in [0.2, 0.25) is 0 Å². The van der Waals surface area contributed by atoms with Crippen molar-refractivity contribution in [3.05, 3.63) is 95.6 Å². The summed E-state index contributed by atoms with van der Waals surface area (Å²) in [5.41, 5.74) is 10.5. The summed E-state index contributed by atoms with van der Waals surface area (Å²) in [7, 11) is 0. The zero-order valence-corrected chi connectivity index (χ0v) is 19.2. The monoisotopic (exact) mass is 444 g/mol. The Kier molecular flexibility index (Phi) is 8.39. The molecule has 0 aliphatic heterocycles. The van der Waals surface area contributed by atoms with Crippen molar-refractivity contribution in [3.8, 4) is 11.1 Å². The Bertz CT molecular complexity index is 1050. The second-order valence-electron chi connectivity index (χ2n) is 8.54. The molecule has 1 unspecified atom stereocenters. The van der Waals surface area contributed by atoms with Crippen molar-refractivity contribution < 1.29 is 14.7 Å². The van der Waals surface area contributed by atoms with E-state index in [1.165, 1.54) is 16.7 Å². The Morgan fingerprint density at radius 3 is 2.09 bits per heavy atom. The van der Waals surface area contributed by atoms with E-state index >= 15 is 0 Å². The number of benzene rings is 3. The molecular formula is C28H32N2O3. The lowest BCUT2D eigenvalue weighted by atomic mass is 9.85. The van der Waals surface area contributed by atoms with E-state index < -0.39 is 12.0 Å². The first-order valence-corrected chi connectivity index (χ1v) is 11.4. The second-order valence-corrected chi connectivity index (χ2v) is 8.54. The highest BCUT2D eigenvalue weighted by Crippen LogP contribution is 2.29. The van der Waals surface area contributed by atoms with Gasteiger partial charge in [-0.15, -0.1) is 0 Å². The van der Waals surface area contributed by atoms with E-state index in [9.17, 15) is 9.59 Å². The minimum atomic E-state index is -1.04. The summed E-state index contributed by atoms with van der Waals surface area (Å²) in [5.74, 6) is -0.563. The molecular weight excluding hydrogens is 412 g/mol. The van der Waals surface area contributed by atoms with Gasteiger partial charge in [0, 0.05) is 18.0 Å². The van der Waals surface area contributed by atoms with Gasteiger partial charge in [0.15, 0.2) is 0 Å². The van der Waals surface area contributed by atoms with Crippen LogP contribution in [-0.2, 0) is 11.2 Å². The first kappa shape index (κ1) is 24.2. The molecule has 0 bridgehead atoms. The molecule has 5 heteroatoms. The highest BCUT2D eigenvalue weighted by molar-refractivity contribution is 5.94. The first-order valence-electron chi connectivity index (χ1n) is 11.4. The average molecular weight is 445 g/mol. The van der Waals surface area contributed by atoms with Gasteiger partial charge < -0.3 is 16.2 Å². The molecule has 3 aromatic carbocycles. The van der Waals surface area contributed by atoms with E-state index in [2.05, 4.69) is 55.6 Å². The largest absolute Gasteiger partial charge is 0.480 e. The third-order valence-electron chi connectivity index (χ3n) is 6.25. The summed E-state index contributed by atoms with van der Waals surface area (Å²) in [5, 5.41) is 12.0. The van der Waals surface area contributed by atoms with Crippen molar-refractivity contribution in [3.63, 3.8) is 0 Å². The molecule has 0 aliphatic rings. The molecule has 4 N–H and O–H groups in total. The van der Waals surface area contributed by atoms with Crippen LogP contribution in [0.4, 0.5) is 0 Å². The van der Waals surface area contributed by atoms with Crippen LogP contribution < -0.4 is 11.1 Å². The number of aliphatic carboxylic acids is 1. The second kappa shape index (κ2) is 11.4. The zero-order chi connectivity index (χ0) is 23.8. The number of carbonyl (C=O) groups excluding carboxylic acids is 1. The molecule has 0 fully saturated rings. The maximum absolute atomic E-state index is 12.7. The molecule has 1 amide bonds. The number of hydrogen-bond acceptors (Lipinski definition) is 3. The molecule has 0 radical (unpaired) electrons. The predicted octanol–water partition coefficient (Wildman–Crippen LogP) is 4.87. The zero-order valence-electron chi connectivity index (χ0n) is 19.2. The fourth-order valence-electron chi connectivity index (χ4n) is 3.92. The predicted molar refractivity (Wildman–Crippen MR) is 132 cm³/mol. The van der Waals surface area contributed by atoms with Crippen LogP contribution in [0.3, 0.4) is 0 Å². The number of carboxylic acid groups (broad SMARTS) is 1. The third kappa shape index (κ3) is 6.53. The average Bonchev–Trinajstić information content (AvgIpc) is 2.85. The van der Waals surface area contributed by atoms with E-state index in [0.717, 1.165) is 12.0 Å². The van der Waals surface area contributed by atoms with E-state index in [1.807, 2.05) is 18.2 Å². The molecule has 3 aromatic rings. The van der Waals surface area contributed by atoms with Crippen LogP contribution >= 0.6 is 0 Å². The molecule has 33 heavy (non-hydrogen) atoms. The number of amides is 1. The summed E-state index contributed by atoms with van der Waals surface area (Å²) in [4.78, 5) is 23.7. The van der Waals surface area contributed by atoms with E-state index in [1.54, 1.807) is 24.3 Å². The van der Waals surface area contributed by atoms with Crippen molar-refractivity contribution in [1.29, 1.82) is 0 Å². The van der Waals surface area contributed by atoms with Crippen molar-refractivity contribution >= 4 is 11.9 Å². The van der Waals surface area contributed by atoms with Gasteiger partial charge in [0.1, 0.15) is 6.04 Å². The van der Waals surface area contributed by atoms with Gasteiger partial charge in [0.25, 0.3) is 5.91 Å². The van der Waals surface area contributed by atoms with Gasteiger partial charge >= 0.3 is 5.97 Å². The van der Waals surface area contributed by atoms with E-state index in [0.29, 0.717) is 18.0 Å². The molecule has 0 aliphatic carbocycles. The molecule has 3 atom stereocenters. The number of carbonyl (C=O) groups is 2. The minimum Gasteiger partial charge on any atom is -0.480 e. The normalized spacial score (nSPS) is 13.7. The van der Waals surface area contributed by atoms with Crippen LogP contribution in [0.25, 0.3) is 11.1 Å². The van der Waals surface area contributed by atoms with Crippen LogP contribution in [0.5, 0.6) is 0 Å². The molecule has 172 valence electrons. The Hall–Kier alpha value is -3.44. The molecule has 0 aromatic heterocycles. The summed E-state index contributed by atoms with van der Waals surface area (Å²) in [6.07, 6.45) is 1.24. The Labute approximate surface area is 195 Å². The van der Waals surface area contributed by atoms with Crippen LogP contribution in [-0.4, -0.2) is 29.6 Å². The van der Waals surface area contributed by atoms with Gasteiger partial charge in [-0.1, -0.05) is 87.0 Å². The van der Waals surface area contributed by atoms with Gasteiger partial charge in [0.2, 0.25) is 0 Å². The SMILES string of the molecule is CCC(C)[C@@H](CNC(=O)c1ccc(C[C@H](N)C(=O)O)cc1)c1ccc(-c2ccccc2)cc1. The molecule has 3 rings (SSSR count). The number of carboxylic acids is 1. The maximum Gasteiger partial charge on any atom is 0.320 e. The first-order chi connectivity index (χ1) is 15.9. The van der Waals surface area contributed by atoms with Crippen molar-refractivity contribution in [2.45, 2.75) is 38.6 Å². The standard InChI is InChI=1S/C28H32N2O3/c1-3-19(2)25(23-15-13-22(14-16-23)21-7-5-4-6-8-21)18-30-27(31)24-11-9-20(10-12-24)17-26(29)28(32)33/h4-16,19,25-26H,3,17-18,29H2,1-2H3,(H,30,31)(H,32,33)/t19?,25-,26+/m1/s1. The lowest BCUT2D eigenvalue weighted by Crippen LogP contribution is -2.32. The lowest BCUT2D eigenvalue weighted by molar-refractivity contribution is -0.138. The quantitative estimate of drug-likeness (QED) is 0.416. The van der Waals surface area contributed by atoms with Gasteiger partial charge in [-0.05, 0) is 46.7 Å². The third-order valence-corrected chi connectivity index (χ3v) is 6.25. The minimum absolute atomic E-state index is 0.140. The Balaban J connectivity index is 1.66. The molecule has 0 spiro atoms.